The van der Waals surface area contributed by atoms with E-state index in [9.17, 15) is 0 Å². The first-order chi connectivity index (χ1) is 32.7. The third kappa shape index (κ3) is 6.81. The van der Waals surface area contributed by atoms with Gasteiger partial charge < -0.3 is 4.90 Å². The molecule has 0 fully saturated rings. The maximum Gasteiger partial charge on any atom is 0.0713 e. The lowest BCUT2D eigenvalue weighted by molar-refractivity contribution is 0.769. The minimum atomic E-state index is -0.455. The Kier molecular flexibility index (Phi) is 9.81. The lowest BCUT2D eigenvalue weighted by atomic mass is 9.67. The molecule has 0 amide bonds. The van der Waals surface area contributed by atoms with Gasteiger partial charge in [-0.1, -0.05) is 218 Å². The molecule has 1 aliphatic rings. The molecular formula is C65H45N. The van der Waals surface area contributed by atoms with Crippen LogP contribution in [0.15, 0.2) is 273 Å². The summed E-state index contributed by atoms with van der Waals surface area (Å²) >= 11 is 0. The van der Waals surface area contributed by atoms with Crippen LogP contribution in [0.5, 0.6) is 0 Å². The third-order valence-electron chi connectivity index (χ3n) is 13.5. The van der Waals surface area contributed by atoms with Gasteiger partial charge in [0, 0.05) is 17.1 Å². The maximum absolute atomic E-state index is 2.45. The van der Waals surface area contributed by atoms with E-state index in [4.69, 9.17) is 0 Å². The highest BCUT2D eigenvalue weighted by Gasteiger charge is 2.46. The average Bonchev–Trinajstić information content (AvgIpc) is 3.70. The standard InChI is InChI=1S/C65H45N/c1-4-17-46(18-5-1)50-21-14-22-51(41-50)52-23-15-29-59(43-52)66(60-30-16-24-53(44-60)54-34-33-47-19-10-11-20-49(47)42-54)58-38-35-48(36-39-58)55-37-40-62-61-31-12-13-32-63(61)65(64(62)45-55,56-25-6-2-7-26-56)57-27-8-3-9-28-57/h1-45H. The summed E-state index contributed by atoms with van der Waals surface area (Å²) in [7, 11) is 0. The van der Waals surface area contributed by atoms with Crippen LogP contribution < -0.4 is 4.90 Å². The monoisotopic (exact) mass is 839 g/mol. The van der Waals surface area contributed by atoms with Crippen molar-refractivity contribution in [2.45, 2.75) is 5.41 Å². The summed E-state index contributed by atoms with van der Waals surface area (Å²) < 4.78 is 0. The van der Waals surface area contributed by atoms with Gasteiger partial charge in [0.25, 0.3) is 0 Å². The van der Waals surface area contributed by atoms with E-state index in [0.717, 1.165) is 22.6 Å². The molecule has 0 unspecified atom stereocenters. The summed E-state index contributed by atoms with van der Waals surface area (Å²) in [5.41, 5.74) is 20.0. The molecule has 0 saturated heterocycles. The number of benzene rings is 11. The van der Waals surface area contributed by atoms with Gasteiger partial charge in [0.1, 0.15) is 0 Å². The van der Waals surface area contributed by atoms with Crippen LogP contribution in [0.4, 0.5) is 17.1 Å². The molecule has 1 aliphatic carbocycles. The van der Waals surface area contributed by atoms with Crippen LogP contribution in [0.2, 0.25) is 0 Å². The van der Waals surface area contributed by atoms with Crippen LogP contribution in [0.1, 0.15) is 22.3 Å². The Morgan fingerprint density at radius 1 is 0.227 bits per heavy atom. The molecule has 11 aromatic carbocycles. The zero-order valence-electron chi connectivity index (χ0n) is 36.4. The largest absolute Gasteiger partial charge is 0.310 e. The molecule has 1 heteroatoms. The van der Waals surface area contributed by atoms with Crippen LogP contribution in [-0.2, 0) is 5.41 Å². The average molecular weight is 840 g/mol. The highest BCUT2D eigenvalue weighted by atomic mass is 15.1. The second-order valence-electron chi connectivity index (χ2n) is 17.3. The Hall–Kier alpha value is -8.52. The van der Waals surface area contributed by atoms with Crippen LogP contribution >= 0.6 is 0 Å². The van der Waals surface area contributed by atoms with Crippen molar-refractivity contribution in [2.75, 3.05) is 4.90 Å². The molecule has 0 N–H and O–H groups in total. The van der Waals surface area contributed by atoms with E-state index in [-0.39, 0.29) is 0 Å². The lowest BCUT2D eigenvalue weighted by Crippen LogP contribution is -2.28. The number of anilines is 3. The number of hydrogen-bond donors (Lipinski definition) is 0. The van der Waals surface area contributed by atoms with Crippen molar-refractivity contribution in [2.24, 2.45) is 0 Å². The van der Waals surface area contributed by atoms with Crippen molar-refractivity contribution in [1.82, 2.24) is 0 Å². The summed E-state index contributed by atoms with van der Waals surface area (Å²) in [4.78, 5) is 2.40. The summed E-state index contributed by atoms with van der Waals surface area (Å²) in [6.07, 6.45) is 0. The van der Waals surface area contributed by atoms with E-state index < -0.39 is 5.41 Å². The second kappa shape index (κ2) is 16.6. The summed E-state index contributed by atoms with van der Waals surface area (Å²) in [5.74, 6) is 0. The van der Waals surface area contributed by atoms with E-state index in [0.29, 0.717) is 0 Å². The molecule has 12 rings (SSSR count). The number of nitrogens with zero attached hydrogens (tertiary/aromatic N) is 1. The van der Waals surface area contributed by atoms with E-state index in [1.807, 2.05) is 0 Å². The minimum absolute atomic E-state index is 0.455. The van der Waals surface area contributed by atoms with Crippen molar-refractivity contribution in [3.05, 3.63) is 295 Å². The first-order valence-electron chi connectivity index (χ1n) is 22.8. The van der Waals surface area contributed by atoms with Crippen molar-refractivity contribution < 1.29 is 0 Å². The lowest BCUT2D eigenvalue weighted by Gasteiger charge is -2.34. The van der Waals surface area contributed by atoms with Gasteiger partial charge in [-0.25, -0.2) is 0 Å². The minimum Gasteiger partial charge on any atom is -0.310 e. The highest BCUT2D eigenvalue weighted by Crippen LogP contribution is 2.56. The fourth-order valence-electron chi connectivity index (χ4n) is 10.4. The highest BCUT2D eigenvalue weighted by molar-refractivity contribution is 5.91. The molecule has 0 heterocycles. The molecule has 0 aliphatic heterocycles. The fourth-order valence-corrected chi connectivity index (χ4v) is 10.4. The van der Waals surface area contributed by atoms with Crippen molar-refractivity contribution >= 4 is 27.8 Å². The number of fused-ring (bicyclic) bond motifs is 4. The number of hydrogen-bond acceptors (Lipinski definition) is 1. The Labute approximate surface area is 387 Å². The second-order valence-corrected chi connectivity index (χ2v) is 17.3. The quantitative estimate of drug-likeness (QED) is 0.140. The van der Waals surface area contributed by atoms with Crippen molar-refractivity contribution in [3.63, 3.8) is 0 Å². The Morgan fingerprint density at radius 3 is 1.33 bits per heavy atom. The molecule has 11 aromatic rings. The third-order valence-corrected chi connectivity index (χ3v) is 13.5. The molecule has 66 heavy (non-hydrogen) atoms. The Morgan fingerprint density at radius 2 is 0.667 bits per heavy atom. The van der Waals surface area contributed by atoms with Crippen LogP contribution in [-0.4, -0.2) is 0 Å². The van der Waals surface area contributed by atoms with Gasteiger partial charge in [-0.3, -0.25) is 0 Å². The Bertz CT molecular complexity index is 3480. The predicted octanol–water partition coefficient (Wildman–Crippen LogP) is 17.3. The molecule has 0 spiro atoms. The van der Waals surface area contributed by atoms with E-state index in [2.05, 4.69) is 278 Å². The predicted molar refractivity (Wildman–Crippen MR) is 278 cm³/mol. The normalized spacial score (nSPS) is 12.4. The van der Waals surface area contributed by atoms with Gasteiger partial charge in [-0.15, -0.1) is 0 Å². The first-order valence-corrected chi connectivity index (χ1v) is 22.8. The molecular weight excluding hydrogens is 795 g/mol. The van der Waals surface area contributed by atoms with E-state index in [1.54, 1.807) is 0 Å². The van der Waals surface area contributed by atoms with Crippen molar-refractivity contribution in [3.8, 4) is 55.6 Å². The van der Waals surface area contributed by atoms with Crippen molar-refractivity contribution in [1.29, 1.82) is 0 Å². The van der Waals surface area contributed by atoms with E-state index >= 15 is 0 Å². The first kappa shape index (κ1) is 39.1. The molecule has 0 saturated carbocycles. The molecule has 0 radical (unpaired) electrons. The van der Waals surface area contributed by atoms with Crippen LogP contribution in [0, 0.1) is 0 Å². The molecule has 0 bridgehead atoms. The summed E-state index contributed by atoms with van der Waals surface area (Å²) in [6.45, 7) is 0. The summed E-state index contributed by atoms with van der Waals surface area (Å²) in [5, 5.41) is 2.48. The van der Waals surface area contributed by atoms with Gasteiger partial charge in [0.15, 0.2) is 0 Å². The maximum atomic E-state index is 2.45. The van der Waals surface area contributed by atoms with Crippen LogP contribution in [0.25, 0.3) is 66.4 Å². The fraction of sp³-hybridized carbons (Fsp3) is 0.0154. The molecule has 310 valence electrons. The zero-order chi connectivity index (χ0) is 43.9. The topological polar surface area (TPSA) is 3.24 Å². The smallest absolute Gasteiger partial charge is 0.0713 e. The Balaban J connectivity index is 0.975. The van der Waals surface area contributed by atoms with Gasteiger partial charge >= 0.3 is 0 Å². The van der Waals surface area contributed by atoms with Gasteiger partial charge in [0.05, 0.1) is 5.41 Å². The SMILES string of the molecule is c1ccc(-c2cccc(-c3cccc(N(c4ccc(-c5ccc6c(c5)C(c5ccccc5)(c5ccccc5)c5ccccc5-6)cc4)c4cccc(-c5ccc6ccccc6c5)c4)c3)c2)cc1. The van der Waals surface area contributed by atoms with Gasteiger partial charge in [-0.2, -0.15) is 0 Å². The van der Waals surface area contributed by atoms with E-state index in [1.165, 1.54) is 83.1 Å². The van der Waals surface area contributed by atoms with Gasteiger partial charge in [-0.05, 0) is 143 Å². The van der Waals surface area contributed by atoms with Gasteiger partial charge in [0.2, 0.25) is 0 Å². The molecule has 0 atom stereocenters. The number of rotatable bonds is 9. The summed E-state index contributed by atoms with van der Waals surface area (Å²) in [6, 6.07) is 100. The molecule has 1 nitrogen and oxygen atoms in total. The van der Waals surface area contributed by atoms with Crippen LogP contribution in [0.3, 0.4) is 0 Å². The molecule has 0 aromatic heterocycles. The zero-order valence-corrected chi connectivity index (χ0v) is 36.4.